The Morgan fingerprint density at radius 2 is 1.79 bits per heavy atom. The fourth-order valence-corrected chi connectivity index (χ4v) is 1.45. The summed E-state index contributed by atoms with van der Waals surface area (Å²) in [5, 5.41) is 8.61. The fraction of sp³-hybridized carbons (Fsp3) is 0.273. The molecule has 14 heavy (non-hydrogen) atoms. The number of hydrogen-bond acceptors (Lipinski definition) is 2. The molecule has 0 aliphatic rings. The Hall–Kier alpha value is -1.40. The van der Waals surface area contributed by atoms with Crippen molar-refractivity contribution >= 4 is 14.5 Å². The molecular formula is C11H14N2Si. The van der Waals surface area contributed by atoms with E-state index >= 15 is 0 Å². The summed E-state index contributed by atoms with van der Waals surface area (Å²) in [5.74, 6) is 0. The van der Waals surface area contributed by atoms with Crippen LogP contribution >= 0.6 is 0 Å². The molecule has 0 aliphatic heterocycles. The van der Waals surface area contributed by atoms with Gasteiger partial charge in [0.05, 0.1) is 11.6 Å². The summed E-state index contributed by atoms with van der Waals surface area (Å²) in [6.07, 6.45) is 1.90. The summed E-state index contributed by atoms with van der Waals surface area (Å²) in [6.45, 7) is 6.56. The van der Waals surface area contributed by atoms with Crippen LogP contribution in [0.1, 0.15) is 11.1 Å². The van der Waals surface area contributed by atoms with Crippen LogP contribution in [0.2, 0.25) is 19.6 Å². The van der Waals surface area contributed by atoms with E-state index in [1.807, 2.05) is 30.5 Å². The second kappa shape index (κ2) is 4.21. The summed E-state index contributed by atoms with van der Waals surface area (Å²) >= 11 is 0. The Kier molecular flexibility index (Phi) is 3.21. The third-order valence-electron chi connectivity index (χ3n) is 1.64. The van der Waals surface area contributed by atoms with E-state index in [-0.39, 0.29) is 0 Å². The fourth-order valence-electron chi connectivity index (χ4n) is 0.912. The molecule has 0 saturated heterocycles. The van der Waals surface area contributed by atoms with Crippen molar-refractivity contribution < 1.29 is 0 Å². The van der Waals surface area contributed by atoms with Gasteiger partial charge in [0.25, 0.3) is 0 Å². The van der Waals surface area contributed by atoms with Crippen LogP contribution in [-0.2, 0) is 0 Å². The molecule has 0 unspecified atom stereocenters. The predicted molar refractivity (Wildman–Crippen MR) is 62.1 cm³/mol. The lowest BCUT2D eigenvalue weighted by Gasteiger charge is -2.07. The molecule has 0 bridgehead atoms. The number of nitriles is 1. The van der Waals surface area contributed by atoms with Crippen molar-refractivity contribution in [2.75, 3.05) is 0 Å². The molecule has 3 heteroatoms. The van der Waals surface area contributed by atoms with Crippen molar-refractivity contribution in [3.8, 4) is 6.07 Å². The van der Waals surface area contributed by atoms with Gasteiger partial charge in [-0.15, -0.1) is 0 Å². The molecule has 1 rings (SSSR count). The number of benzene rings is 1. The van der Waals surface area contributed by atoms with Crippen LogP contribution in [0.3, 0.4) is 0 Å². The van der Waals surface area contributed by atoms with E-state index in [1.165, 1.54) is 0 Å². The monoisotopic (exact) mass is 202 g/mol. The Labute approximate surface area is 86.0 Å². The number of rotatable bonds is 2. The lowest BCUT2D eigenvalue weighted by atomic mass is 10.2. The first-order valence-corrected chi connectivity index (χ1v) is 8.01. The normalized spacial score (nSPS) is 11.6. The van der Waals surface area contributed by atoms with Crippen molar-refractivity contribution in [1.82, 2.24) is 0 Å². The Morgan fingerprint density at radius 3 is 2.21 bits per heavy atom. The molecule has 0 fully saturated rings. The van der Waals surface area contributed by atoms with Gasteiger partial charge in [0, 0.05) is 6.21 Å². The average Bonchev–Trinajstić information content (AvgIpc) is 2.14. The van der Waals surface area contributed by atoms with Crippen LogP contribution in [-0.4, -0.2) is 14.5 Å². The van der Waals surface area contributed by atoms with Crippen LogP contribution in [0.5, 0.6) is 0 Å². The van der Waals surface area contributed by atoms with Crippen molar-refractivity contribution in [2.24, 2.45) is 4.66 Å². The minimum Gasteiger partial charge on any atom is -0.329 e. The molecule has 0 spiro atoms. The smallest absolute Gasteiger partial charge is 0.172 e. The average molecular weight is 202 g/mol. The highest BCUT2D eigenvalue weighted by Gasteiger charge is 2.08. The van der Waals surface area contributed by atoms with Crippen molar-refractivity contribution in [3.05, 3.63) is 35.4 Å². The third kappa shape index (κ3) is 3.54. The molecule has 0 aliphatic carbocycles. The maximum Gasteiger partial charge on any atom is 0.172 e. The van der Waals surface area contributed by atoms with Crippen LogP contribution in [0, 0.1) is 11.3 Å². The SMILES string of the molecule is C[Si](C)(C)/N=C/c1ccc(C#N)cc1. The van der Waals surface area contributed by atoms with Gasteiger partial charge in [-0.2, -0.15) is 5.26 Å². The largest absolute Gasteiger partial charge is 0.329 e. The molecule has 0 amide bonds. The minimum atomic E-state index is -1.36. The topological polar surface area (TPSA) is 36.1 Å². The lowest BCUT2D eigenvalue weighted by molar-refractivity contribution is 1.48. The van der Waals surface area contributed by atoms with Gasteiger partial charge in [-0.05, 0) is 37.3 Å². The van der Waals surface area contributed by atoms with Crippen molar-refractivity contribution in [3.63, 3.8) is 0 Å². The van der Waals surface area contributed by atoms with Crippen LogP contribution < -0.4 is 0 Å². The predicted octanol–water partition coefficient (Wildman–Crippen LogP) is 2.81. The first kappa shape index (κ1) is 10.7. The molecule has 72 valence electrons. The summed E-state index contributed by atoms with van der Waals surface area (Å²) in [6, 6.07) is 9.55. The van der Waals surface area contributed by atoms with Gasteiger partial charge in [-0.1, -0.05) is 12.1 Å². The summed E-state index contributed by atoms with van der Waals surface area (Å²) in [5.41, 5.74) is 1.75. The third-order valence-corrected chi connectivity index (χ3v) is 2.54. The van der Waals surface area contributed by atoms with E-state index in [9.17, 15) is 0 Å². The second-order valence-corrected chi connectivity index (χ2v) is 8.76. The first-order valence-electron chi connectivity index (χ1n) is 4.57. The summed E-state index contributed by atoms with van der Waals surface area (Å²) in [4.78, 5) is 0. The Morgan fingerprint density at radius 1 is 1.21 bits per heavy atom. The van der Waals surface area contributed by atoms with E-state index in [2.05, 4.69) is 30.4 Å². The minimum absolute atomic E-state index is 0.690. The molecular weight excluding hydrogens is 188 g/mol. The van der Waals surface area contributed by atoms with E-state index in [0.29, 0.717) is 5.56 Å². The van der Waals surface area contributed by atoms with Gasteiger partial charge in [0.2, 0.25) is 0 Å². The summed E-state index contributed by atoms with van der Waals surface area (Å²) in [7, 11) is -1.36. The molecule has 1 aromatic carbocycles. The lowest BCUT2D eigenvalue weighted by Crippen LogP contribution is -2.16. The molecule has 0 atom stereocenters. The van der Waals surface area contributed by atoms with Gasteiger partial charge < -0.3 is 4.66 Å². The molecule has 0 aromatic heterocycles. The van der Waals surface area contributed by atoms with E-state index in [0.717, 1.165) is 5.56 Å². The van der Waals surface area contributed by atoms with Crippen LogP contribution in [0.25, 0.3) is 0 Å². The highest BCUT2D eigenvalue weighted by Crippen LogP contribution is 2.04. The Balaban J connectivity index is 2.80. The summed E-state index contributed by atoms with van der Waals surface area (Å²) < 4.78 is 4.51. The highest BCUT2D eigenvalue weighted by atomic mass is 28.3. The highest BCUT2D eigenvalue weighted by molar-refractivity contribution is 6.75. The molecule has 0 N–H and O–H groups in total. The van der Waals surface area contributed by atoms with Crippen LogP contribution in [0.4, 0.5) is 0 Å². The van der Waals surface area contributed by atoms with E-state index in [4.69, 9.17) is 5.26 Å². The quantitative estimate of drug-likeness (QED) is 0.536. The Bertz CT molecular complexity index is 366. The number of hydrogen-bond donors (Lipinski definition) is 0. The standard InChI is InChI=1S/C11H14N2Si/c1-14(2,3)13-9-11-6-4-10(8-12)5-7-11/h4-7,9H,1-3H3/b13-9+. The van der Waals surface area contributed by atoms with E-state index in [1.54, 1.807) is 0 Å². The molecule has 0 heterocycles. The zero-order valence-corrected chi connectivity index (χ0v) is 9.78. The van der Waals surface area contributed by atoms with Gasteiger partial charge in [-0.25, -0.2) is 0 Å². The van der Waals surface area contributed by atoms with Gasteiger partial charge in [0.1, 0.15) is 0 Å². The van der Waals surface area contributed by atoms with Crippen molar-refractivity contribution in [2.45, 2.75) is 19.6 Å². The second-order valence-electron chi connectivity index (χ2n) is 4.16. The molecule has 0 radical (unpaired) electrons. The maximum atomic E-state index is 8.61. The molecule has 1 aromatic rings. The number of nitrogens with zero attached hydrogens (tertiary/aromatic N) is 2. The zero-order chi connectivity index (χ0) is 10.6. The van der Waals surface area contributed by atoms with Gasteiger partial charge >= 0.3 is 0 Å². The first-order chi connectivity index (χ1) is 6.51. The van der Waals surface area contributed by atoms with Crippen LogP contribution in [0.15, 0.2) is 28.9 Å². The van der Waals surface area contributed by atoms with Gasteiger partial charge in [-0.3, -0.25) is 0 Å². The zero-order valence-electron chi connectivity index (χ0n) is 8.78. The maximum absolute atomic E-state index is 8.61. The molecule has 0 saturated carbocycles. The van der Waals surface area contributed by atoms with Crippen molar-refractivity contribution in [1.29, 1.82) is 5.26 Å². The molecule has 2 nitrogen and oxygen atoms in total. The van der Waals surface area contributed by atoms with Gasteiger partial charge in [0.15, 0.2) is 8.24 Å². The van der Waals surface area contributed by atoms with E-state index < -0.39 is 8.24 Å².